The molecule has 4 heterocycles. The van der Waals surface area contributed by atoms with Crippen LogP contribution in [0.2, 0.25) is 0 Å². The van der Waals surface area contributed by atoms with Crippen molar-refractivity contribution < 1.29 is 23.8 Å². The van der Waals surface area contributed by atoms with E-state index in [0.29, 0.717) is 30.3 Å². The van der Waals surface area contributed by atoms with Crippen LogP contribution >= 0.6 is 0 Å². The summed E-state index contributed by atoms with van der Waals surface area (Å²) in [7, 11) is 0. The Balaban J connectivity index is 1.24. The van der Waals surface area contributed by atoms with Gasteiger partial charge in [-0.25, -0.2) is 0 Å². The molecule has 7 nitrogen and oxygen atoms in total. The normalized spacial score (nSPS) is 30.1. The van der Waals surface area contributed by atoms with Gasteiger partial charge in [0.05, 0.1) is 24.5 Å². The first-order chi connectivity index (χ1) is 14.6. The summed E-state index contributed by atoms with van der Waals surface area (Å²) < 4.78 is 17.0. The molecule has 4 atom stereocenters. The summed E-state index contributed by atoms with van der Waals surface area (Å²) in [6.45, 7) is 1.08. The smallest absolute Gasteiger partial charge is 0.231 e. The van der Waals surface area contributed by atoms with Gasteiger partial charge in [0.2, 0.25) is 18.6 Å². The fourth-order valence-electron chi connectivity index (χ4n) is 5.02. The Bertz CT molecular complexity index is 1070. The van der Waals surface area contributed by atoms with E-state index in [1.807, 2.05) is 60.7 Å². The minimum absolute atomic E-state index is 0.0484. The van der Waals surface area contributed by atoms with Crippen LogP contribution in [0, 0.1) is 11.8 Å². The summed E-state index contributed by atoms with van der Waals surface area (Å²) >= 11 is 0. The van der Waals surface area contributed by atoms with E-state index in [1.54, 1.807) is 4.90 Å². The summed E-state index contributed by atoms with van der Waals surface area (Å²) in [6, 6.07) is 15.0. The van der Waals surface area contributed by atoms with E-state index in [9.17, 15) is 9.59 Å². The lowest BCUT2D eigenvalue weighted by Crippen LogP contribution is -2.41. The summed E-state index contributed by atoms with van der Waals surface area (Å²) in [5, 5.41) is 2.94. The summed E-state index contributed by atoms with van der Waals surface area (Å²) in [5.74, 6) is 0.127. The maximum Gasteiger partial charge on any atom is 0.231 e. The number of nitrogens with one attached hydrogen (secondary N) is 1. The largest absolute Gasteiger partial charge is 0.454 e. The van der Waals surface area contributed by atoms with Crippen LogP contribution in [0.15, 0.2) is 60.7 Å². The number of hydrogen-bond acceptors (Lipinski definition) is 5. The molecule has 0 unspecified atom stereocenters. The van der Waals surface area contributed by atoms with Crippen LogP contribution in [0.5, 0.6) is 11.5 Å². The Kier molecular flexibility index (Phi) is 3.70. The molecule has 4 aliphatic rings. The van der Waals surface area contributed by atoms with Gasteiger partial charge >= 0.3 is 0 Å². The van der Waals surface area contributed by atoms with Gasteiger partial charge in [-0.1, -0.05) is 36.4 Å². The number of amides is 2. The van der Waals surface area contributed by atoms with Crippen molar-refractivity contribution in [1.82, 2.24) is 4.90 Å². The van der Waals surface area contributed by atoms with Crippen molar-refractivity contribution in [2.45, 2.75) is 18.2 Å². The first-order valence-electron chi connectivity index (χ1n) is 10.0. The average molecular weight is 404 g/mol. The van der Waals surface area contributed by atoms with E-state index in [2.05, 4.69) is 5.32 Å². The van der Waals surface area contributed by atoms with Crippen molar-refractivity contribution in [2.24, 2.45) is 11.8 Å². The summed E-state index contributed by atoms with van der Waals surface area (Å²) in [6.07, 6.45) is 3.52. The molecule has 152 valence electrons. The lowest BCUT2D eigenvalue weighted by Gasteiger charge is -2.23. The predicted octanol–water partition coefficient (Wildman–Crippen LogP) is 2.34. The average Bonchev–Trinajstić information content (AvgIpc) is 3.50. The number of para-hydroxylation sites is 1. The second-order valence-electron chi connectivity index (χ2n) is 8.14. The zero-order chi connectivity index (χ0) is 20.3. The molecule has 1 spiro atoms. The van der Waals surface area contributed by atoms with E-state index < -0.39 is 17.4 Å². The fourth-order valence-corrected chi connectivity index (χ4v) is 5.02. The molecule has 0 aromatic heterocycles. The third kappa shape index (κ3) is 2.55. The second kappa shape index (κ2) is 6.34. The number of nitrogens with zero attached hydrogens (tertiary/aromatic N) is 1. The second-order valence-corrected chi connectivity index (χ2v) is 8.14. The number of hydrogen-bond donors (Lipinski definition) is 1. The molecule has 0 saturated carbocycles. The minimum atomic E-state index is -0.725. The highest BCUT2D eigenvalue weighted by Crippen LogP contribution is 2.52. The number of fused-ring (bicyclic) bond motifs is 2. The van der Waals surface area contributed by atoms with E-state index in [-0.39, 0.29) is 24.7 Å². The van der Waals surface area contributed by atoms with Gasteiger partial charge in [-0.3, -0.25) is 9.59 Å². The quantitative estimate of drug-likeness (QED) is 0.792. The molecule has 2 aromatic carbocycles. The molecule has 2 aromatic rings. The maximum absolute atomic E-state index is 13.4. The van der Waals surface area contributed by atoms with Crippen LogP contribution in [-0.4, -0.2) is 41.8 Å². The molecule has 2 amide bonds. The van der Waals surface area contributed by atoms with Crippen LogP contribution < -0.4 is 14.8 Å². The van der Waals surface area contributed by atoms with Crippen LogP contribution in [0.1, 0.15) is 5.56 Å². The van der Waals surface area contributed by atoms with E-state index in [4.69, 9.17) is 14.2 Å². The van der Waals surface area contributed by atoms with Crippen molar-refractivity contribution in [2.75, 3.05) is 18.7 Å². The van der Waals surface area contributed by atoms with Crippen LogP contribution in [0.4, 0.5) is 5.69 Å². The molecule has 2 saturated heterocycles. The Morgan fingerprint density at radius 2 is 1.97 bits per heavy atom. The molecule has 0 radical (unpaired) electrons. The van der Waals surface area contributed by atoms with E-state index >= 15 is 0 Å². The summed E-state index contributed by atoms with van der Waals surface area (Å²) in [5.41, 5.74) is 0.940. The van der Waals surface area contributed by atoms with Crippen molar-refractivity contribution in [3.63, 3.8) is 0 Å². The number of benzene rings is 2. The van der Waals surface area contributed by atoms with Gasteiger partial charge in [0.1, 0.15) is 5.60 Å². The number of carbonyl (C=O) groups excluding carboxylic acids is 2. The first kappa shape index (κ1) is 17.5. The van der Waals surface area contributed by atoms with Crippen LogP contribution in [0.3, 0.4) is 0 Å². The molecule has 7 heteroatoms. The Labute approximate surface area is 173 Å². The molecular formula is C23H20N2O5. The van der Waals surface area contributed by atoms with Crippen LogP contribution in [-0.2, 0) is 20.9 Å². The van der Waals surface area contributed by atoms with Crippen molar-refractivity contribution in [3.8, 4) is 11.5 Å². The zero-order valence-electron chi connectivity index (χ0n) is 16.1. The van der Waals surface area contributed by atoms with Gasteiger partial charge in [-0.2, -0.15) is 0 Å². The maximum atomic E-state index is 13.4. The highest BCUT2D eigenvalue weighted by Gasteiger charge is 2.66. The SMILES string of the molecule is O=C(Nc1ccccc1)[C@@H]1[C@H]2C(=O)N(Cc3ccc4c(c3)OCO4)C[C@]23C=C[C@H]1O3. The molecular weight excluding hydrogens is 384 g/mol. The fraction of sp³-hybridized carbons (Fsp3) is 0.304. The Morgan fingerprint density at radius 1 is 1.13 bits per heavy atom. The third-order valence-corrected chi connectivity index (χ3v) is 6.33. The summed E-state index contributed by atoms with van der Waals surface area (Å²) in [4.78, 5) is 28.2. The minimum Gasteiger partial charge on any atom is -0.454 e. The van der Waals surface area contributed by atoms with Crippen LogP contribution in [0.25, 0.3) is 0 Å². The van der Waals surface area contributed by atoms with E-state index in [0.717, 1.165) is 5.56 Å². The predicted molar refractivity (Wildman–Crippen MR) is 107 cm³/mol. The number of likely N-dealkylation sites (tertiary alicyclic amines) is 1. The molecule has 30 heavy (non-hydrogen) atoms. The number of carbonyl (C=O) groups is 2. The molecule has 0 aliphatic carbocycles. The Morgan fingerprint density at radius 3 is 2.83 bits per heavy atom. The van der Waals surface area contributed by atoms with Gasteiger partial charge < -0.3 is 24.4 Å². The lowest BCUT2D eigenvalue weighted by atomic mass is 9.77. The molecule has 2 fully saturated rings. The topological polar surface area (TPSA) is 77.1 Å². The van der Waals surface area contributed by atoms with E-state index in [1.165, 1.54) is 0 Å². The number of rotatable bonds is 4. The highest BCUT2D eigenvalue weighted by molar-refractivity contribution is 5.99. The lowest BCUT2D eigenvalue weighted by molar-refractivity contribution is -0.136. The van der Waals surface area contributed by atoms with Gasteiger partial charge in [0.25, 0.3) is 0 Å². The molecule has 1 N–H and O–H groups in total. The monoisotopic (exact) mass is 404 g/mol. The molecule has 6 rings (SSSR count). The number of ether oxygens (including phenoxy) is 3. The van der Waals surface area contributed by atoms with Gasteiger partial charge in [0, 0.05) is 12.2 Å². The van der Waals surface area contributed by atoms with Crippen molar-refractivity contribution >= 4 is 17.5 Å². The highest BCUT2D eigenvalue weighted by atomic mass is 16.7. The van der Waals surface area contributed by atoms with Gasteiger partial charge in [0.15, 0.2) is 11.5 Å². The first-order valence-corrected chi connectivity index (χ1v) is 10.0. The van der Waals surface area contributed by atoms with Gasteiger partial charge in [-0.05, 0) is 29.8 Å². The van der Waals surface area contributed by atoms with Gasteiger partial charge in [-0.15, -0.1) is 0 Å². The zero-order valence-corrected chi connectivity index (χ0v) is 16.1. The Hall–Kier alpha value is -3.32. The number of anilines is 1. The molecule has 2 bridgehead atoms. The van der Waals surface area contributed by atoms with Crippen molar-refractivity contribution in [3.05, 3.63) is 66.2 Å². The molecule has 4 aliphatic heterocycles. The third-order valence-electron chi connectivity index (χ3n) is 6.33. The standard InChI is InChI=1S/C23H20N2O5/c26-21(24-15-4-2-1-3-5-15)19-17-8-9-23(30-17)12-25(22(27)20(19)23)11-14-6-7-16-18(10-14)29-13-28-16/h1-10,17,19-20H,11-13H2,(H,24,26)/t17-,19+,20+,23-/m1/s1. The van der Waals surface area contributed by atoms with Crippen molar-refractivity contribution in [1.29, 1.82) is 0 Å².